The van der Waals surface area contributed by atoms with Gasteiger partial charge < -0.3 is 14.9 Å². The number of amides is 1. The van der Waals surface area contributed by atoms with Crippen LogP contribution in [0.5, 0.6) is 0 Å². The highest BCUT2D eigenvalue weighted by Gasteiger charge is 2.46. The summed E-state index contributed by atoms with van der Waals surface area (Å²) in [4.78, 5) is 29.3. The molecule has 1 amide bonds. The molecule has 1 aliphatic rings. The molecule has 1 aromatic carbocycles. The number of likely N-dealkylation sites (tertiary alicyclic amines) is 1. The Morgan fingerprint density at radius 1 is 1.21 bits per heavy atom. The Bertz CT molecular complexity index is 992. The van der Waals surface area contributed by atoms with Crippen LogP contribution in [0.3, 0.4) is 0 Å². The number of carbonyl (C=O) groups excluding carboxylic acids is 2. The van der Waals surface area contributed by atoms with E-state index in [0.717, 1.165) is 0 Å². The number of aryl methyl sites for hydroxylation is 2. The third-order valence-corrected chi connectivity index (χ3v) is 5.51. The third kappa shape index (κ3) is 3.80. The van der Waals surface area contributed by atoms with Crippen LogP contribution in [0.15, 0.2) is 29.8 Å². The van der Waals surface area contributed by atoms with Crippen LogP contribution in [0.25, 0.3) is 5.76 Å². The van der Waals surface area contributed by atoms with Crippen LogP contribution in [-0.4, -0.2) is 63.6 Å². The Kier molecular flexibility index (Phi) is 5.82. The number of ketones is 1. The second kappa shape index (κ2) is 8.00. The van der Waals surface area contributed by atoms with Crippen molar-refractivity contribution >= 4 is 29.1 Å². The van der Waals surface area contributed by atoms with Crippen LogP contribution in [-0.2, 0) is 16.6 Å². The Morgan fingerprint density at radius 2 is 1.83 bits per heavy atom. The summed E-state index contributed by atoms with van der Waals surface area (Å²) in [6.45, 7) is 4.52. The maximum absolute atomic E-state index is 13.0. The summed E-state index contributed by atoms with van der Waals surface area (Å²) in [7, 11) is 5.57. The fourth-order valence-electron chi connectivity index (χ4n) is 3.66. The molecule has 1 aromatic heterocycles. The van der Waals surface area contributed by atoms with Gasteiger partial charge in [-0.15, -0.1) is 0 Å². The molecular weight excluding hydrogens is 392 g/mol. The summed E-state index contributed by atoms with van der Waals surface area (Å²) in [5, 5.41) is 16.0. The third-order valence-electron chi connectivity index (χ3n) is 5.26. The fourth-order valence-corrected chi connectivity index (χ4v) is 3.79. The normalized spacial score (nSPS) is 18.9. The standard InChI is InChI=1S/C21H25ClN4O3/c1-12-16(13(2)25(5)23-12)19(27)17-18(14-6-8-15(22)9-7-14)26(11-10-24(3)4)21(29)20(17)28/h6-9,18,27H,10-11H2,1-5H3/t18-/m1/s1. The lowest BCUT2D eigenvalue weighted by atomic mass is 9.94. The maximum Gasteiger partial charge on any atom is 0.295 e. The van der Waals surface area contributed by atoms with Gasteiger partial charge in [-0.1, -0.05) is 23.7 Å². The Hall–Kier alpha value is -2.64. The number of Topliss-reactive ketones (excluding diaryl/α,β-unsaturated/α-hetero) is 1. The van der Waals surface area contributed by atoms with Crippen molar-refractivity contribution in [3.63, 3.8) is 0 Å². The van der Waals surface area contributed by atoms with Gasteiger partial charge in [-0.05, 0) is 45.6 Å². The largest absolute Gasteiger partial charge is 0.507 e. The number of aliphatic hydroxyl groups is 1. The zero-order valence-electron chi connectivity index (χ0n) is 17.2. The Morgan fingerprint density at radius 3 is 2.34 bits per heavy atom. The maximum atomic E-state index is 13.0. The van der Waals surface area contributed by atoms with Crippen molar-refractivity contribution in [2.45, 2.75) is 19.9 Å². The predicted molar refractivity (Wildman–Crippen MR) is 112 cm³/mol. The van der Waals surface area contributed by atoms with E-state index >= 15 is 0 Å². The van der Waals surface area contributed by atoms with Gasteiger partial charge in [-0.25, -0.2) is 0 Å². The van der Waals surface area contributed by atoms with E-state index in [1.807, 2.05) is 25.9 Å². The quantitative estimate of drug-likeness (QED) is 0.460. The average molecular weight is 417 g/mol. The van der Waals surface area contributed by atoms with Gasteiger partial charge in [0, 0.05) is 30.9 Å². The smallest absolute Gasteiger partial charge is 0.295 e. The summed E-state index contributed by atoms with van der Waals surface area (Å²) < 4.78 is 1.64. The molecule has 1 fully saturated rings. The number of carbonyl (C=O) groups is 2. The minimum Gasteiger partial charge on any atom is -0.507 e. The van der Waals surface area contributed by atoms with Crippen molar-refractivity contribution in [2.75, 3.05) is 27.2 Å². The summed E-state index contributed by atoms with van der Waals surface area (Å²) in [5.41, 5.74) is 2.59. The first-order valence-corrected chi connectivity index (χ1v) is 9.70. The zero-order chi connectivity index (χ0) is 21.5. The molecule has 0 aliphatic carbocycles. The molecule has 1 atom stereocenters. The van der Waals surface area contributed by atoms with Crippen LogP contribution in [0, 0.1) is 13.8 Å². The first-order valence-electron chi connectivity index (χ1n) is 9.32. The number of likely N-dealkylation sites (N-methyl/N-ethyl adjacent to an activating group) is 1. The SMILES string of the molecule is Cc1nn(C)c(C)c1C(O)=C1C(=O)C(=O)N(CCN(C)C)[C@@H]1c1ccc(Cl)cc1. The molecular formula is C21H25ClN4O3. The fraction of sp³-hybridized carbons (Fsp3) is 0.381. The van der Waals surface area contributed by atoms with Crippen molar-refractivity contribution in [1.29, 1.82) is 0 Å². The van der Waals surface area contributed by atoms with Gasteiger partial charge in [0.25, 0.3) is 11.7 Å². The molecule has 1 aliphatic heterocycles. The highest BCUT2D eigenvalue weighted by Crippen LogP contribution is 2.40. The summed E-state index contributed by atoms with van der Waals surface area (Å²) in [5.74, 6) is -1.50. The van der Waals surface area contributed by atoms with E-state index in [1.165, 1.54) is 4.90 Å². The molecule has 7 nitrogen and oxygen atoms in total. The van der Waals surface area contributed by atoms with E-state index in [0.29, 0.717) is 40.6 Å². The first-order chi connectivity index (χ1) is 13.6. The lowest BCUT2D eigenvalue weighted by Crippen LogP contribution is -2.35. The average Bonchev–Trinajstić information content (AvgIpc) is 3.06. The molecule has 154 valence electrons. The predicted octanol–water partition coefficient (Wildman–Crippen LogP) is 2.67. The molecule has 2 heterocycles. The minimum atomic E-state index is -0.691. The first kappa shape index (κ1) is 21.1. The summed E-state index contributed by atoms with van der Waals surface area (Å²) in [6, 6.07) is 6.29. The number of rotatable bonds is 5. The van der Waals surface area contributed by atoms with E-state index in [-0.39, 0.29) is 11.3 Å². The number of nitrogens with zero attached hydrogens (tertiary/aromatic N) is 4. The molecule has 8 heteroatoms. The molecule has 0 unspecified atom stereocenters. The van der Waals surface area contributed by atoms with E-state index in [4.69, 9.17) is 11.6 Å². The van der Waals surface area contributed by atoms with Crippen molar-refractivity contribution in [2.24, 2.45) is 7.05 Å². The second-order valence-electron chi connectivity index (χ2n) is 7.52. The van der Waals surface area contributed by atoms with E-state index in [9.17, 15) is 14.7 Å². The summed E-state index contributed by atoms with van der Waals surface area (Å²) >= 11 is 6.03. The number of aliphatic hydroxyl groups excluding tert-OH is 1. The number of hydrogen-bond donors (Lipinski definition) is 1. The molecule has 0 saturated carbocycles. The van der Waals surface area contributed by atoms with E-state index < -0.39 is 17.7 Å². The van der Waals surface area contributed by atoms with Gasteiger partial charge in [0.05, 0.1) is 22.9 Å². The van der Waals surface area contributed by atoms with Crippen LogP contribution in [0.4, 0.5) is 0 Å². The van der Waals surface area contributed by atoms with E-state index in [2.05, 4.69) is 5.10 Å². The van der Waals surface area contributed by atoms with Gasteiger partial charge in [0.15, 0.2) is 0 Å². The van der Waals surface area contributed by atoms with Gasteiger partial charge in [-0.3, -0.25) is 14.3 Å². The van der Waals surface area contributed by atoms with Crippen molar-refractivity contribution in [3.05, 3.63) is 57.4 Å². The Labute approximate surface area is 175 Å². The minimum absolute atomic E-state index is 0.0790. The van der Waals surface area contributed by atoms with Crippen LogP contribution < -0.4 is 0 Å². The van der Waals surface area contributed by atoms with Crippen molar-refractivity contribution in [1.82, 2.24) is 19.6 Å². The number of hydrogen-bond acceptors (Lipinski definition) is 5. The van der Waals surface area contributed by atoms with Gasteiger partial charge in [0.1, 0.15) is 5.76 Å². The van der Waals surface area contributed by atoms with Gasteiger partial charge >= 0.3 is 0 Å². The van der Waals surface area contributed by atoms with Crippen LogP contribution in [0.1, 0.15) is 28.6 Å². The molecule has 2 aromatic rings. The number of halogens is 1. The monoisotopic (exact) mass is 416 g/mol. The zero-order valence-corrected chi connectivity index (χ0v) is 18.0. The molecule has 3 rings (SSSR count). The van der Waals surface area contributed by atoms with Crippen molar-refractivity contribution in [3.8, 4) is 0 Å². The molecule has 0 radical (unpaired) electrons. The Balaban J connectivity index is 2.20. The molecule has 1 N–H and O–H groups in total. The topological polar surface area (TPSA) is 78.7 Å². The number of aromatic nitrogens is 2. The van der Waals surface area contributed by atoms with Gasteiger partial charge in [0.2, 0.25) is 0 Å². The van der Waals surface area contributed by atoms with Crippen molar-refractivity contribution < 1.29 is 14.7 Å². The molecule has 0 bridgehead atoms. The lowest BCUT2D eigenvalue weighted by molar-refractivity contribution is -0.140. The molecule has 0 spiro atoms. The van der Waals surface area contributed by atoms with E-state index in [1.54, 1.807) is 42.9 Å². The molecule has 1 saturated heterocycles. The second-order valence-corrected chi connectivity index (χ2v) is 7.95. The lowest BCUT2D eigenvalue weighted by Gasteiger charge is -2.26. The van der Waals surface area contributed by atoms with Gasteiger partial charge in [-0.2, -0.15) is 5.10 Å². The van der Waals surface area contributed by atoms with Crippen LogP contribution >= 0.6 is 11.6 Å². The van der Waals surface area contributed by atoms with Crippen LogP contribution in [0.2, 0.25) is 5.02 Å². The highest BCUT2D eigenvalue weighted by atomic mass is 35.5. The summed E-state index contributed by atoms with van der Waals surface area (Å²) in [6.07, 6.45) is 0. The molecule has 29 heavy (non-hydrogen) atoms. The highest BCUT2D eigenvalue weighted by molar-refractivity contribution is 6.46. The number of benzene rings is 1.